The van der Waals surface area contributed by atoms with Gasteiger partial charge in [0, 0.05) is 18.7 Å². The standard InChI is InChI=1S/C19H21N3O2/c1-15-6-5-9-17(12-15)19-21-20-18(24-19)14-22(10-11-23)13-16-7-3-2-4-8-16/h2-9,12,23H,10-11,13-14H2,1H3. The normalized spacial score (nSPS) is 11.1. The lowest BCUT2D eigenvalue weighted by Gasteiger charge is -2.19. The zero-order valence-corrected chi connectivity index (χ0v) is 13.7. The topological polar surface area (TPSA) is 62.4 Å². The molecule has 2 aromatic carbocycles. The maximum atomic E-state index is 9.30. The summed E-state index contributed by atoms with van der Waals surface area (Å²) in [5.74, 6) is 1.08. The molecule has 5 heteroatoms. The summed E-state index contributed by atoms with van der Waals surface area (Å²) in [6.07, 6.45) is 0. The Morgan fingerprint density at radius 1 is 1.00 bits per heavy atom. The van der Waals surface area contributed by atoms with Gasteiger partial charge < -0.3 is 9.52 Å². The molecule has 5 nitrogen and oxygen atoms in total. The molecule has 0 bridgehead atoms. The first-order valence-corrected chi connectivity index (χ1v) is 8.01. The smallest absolute Gasteiger partial charge is 0.247 e. The number of nitrogens with zero attached hydrogens (tertiary/aromatic N) is 3. The molecule has 0 amide bonds. The predicted molar refractivity (Wildman–Crippen MR) is 92.1 cm³/mol. The zero-order chi connectivity index (χ0) is 16.8. The molecule has 0 atom stereocenters. The number of hydrogen-bond acceptors (Lipinski definition) is 5. The van der Waals surface area contributed by atoms with Crippen LogP contribution in [-0.4, -0.2) is 33.4 Å². The fourth-order valence-corrected chi connectivity index (χ4v) is 2.60. The van der Waals surface area contributed by atoms with Gasteiger partial charge in [-0.2, -0.15) is 0 Å². The summed E-state index contributed by atoms with van der Waals surface area (Å²) in [6, 6.07) is 18.1. The van der Waals surface area contributed by atoms with Crippen LogP contribution in [0.4, 0.5) is 0 Å². The van der Waals surface area contributed by atoms with E-state index < -0.39 is 0 Å². The van der Waals surface area contributed by atoms with Crippen LogP contribution >= 0.6 is 0 Å². The fraction of sp³-hybridized carbons (Fsp3) is 0.263. The van der Waals surface area contributed by atoms with E-state index >= 15 is 0 Å². The predicted octanol–water partition coefficient (Wildman–Crippen LogP) is 3.04. The van der Waals surface area contributed by atoms with E-state index in [1.807, 2.05) is 49.4 Å². The molecule has 0 aliphatic carbocycles. The van der Waals surface area contributed by atoms with Crippen molar-refractivity contribution in [2.24, 2.45) is 0 Å². The molecule has 3 aromatic rings. The van der Waals surface area contributed by atoms with E-state index in [9.17, 15) is 5.11 Å². The Morgan fingerprint density at radius 3 is 2.58 bits per heavy atom. The van der Waals surface area contributed by atoms with Gasteiger partial charge in [-0.1, -0.05) is 48.0 Å². The van der Waals surface area contributed by atoms with Crippen molar-refractivity contribution in [3.8, 4) is 11.5 Å². The molecule has 0 aliphatic rings. The Morgan fingerprint density at radius 2 is 1.83 bits per heavy atom. The van der Waals surface area contributed by atoms with Gasteiger partial charge in [0.1, 0.15) is 0 Å². The monoisotopic (exact) mass is 323 g/mol. The lowest BCUT2D eigenvalue weighted by Crippen LogP contribution is -2.26. The number of aromatic nitrogens is 2. The average molecular weight is 323 g/mol. The maximum absolute atomic E-state index is 9.30. The van der Waals surface area contributed by atoms with E-state index in [0.717, 1.165) is 17.7 Å². The minimum Gasteiger partial charge on any atom is -0.419 e. The van der Waals surface area contributed by atoms with Crippen LogP contribution in [0.3, 0.4) is 0 Å². The van der Waals surface area contributed by atoms with Crippen molar-refractivity contribution in [3.63, 3.8) is 0 Å². The second kappa shape index (κ2) is 7.86. The highest BCUT2D eigenvalue weighted by molar-refractivity contribution is 5.53. The van der Waals surface area contributed by atoms with Gasteiger partial charge in [0.25, 0.3) is 0 Å². The highest BCUT2D eigenvalue weighted by Crippen LogP contribution is 2.19. The van der Waals surface area contributed by atoms with Crippen LogP contribution in [0.2, 0.25) is 0 Å². The van der Waals surface area contributed by atoms with E-state index in [1.54, 1.807) is 0 Å². The van der Waals surface area contributed by atoms with E-state index in [2.05, 4.69) is 27.2 Å². The Balaban J connectivity index is 1.71. The number of aliphatic hydroxyl groups is 1. The molecule has 0 radical (unpaired) electrons. The molecule has 24 heavy (non-hydrogen) atoms. The van der Waals surface area contributed by atoms with Crippen molar-refractivity contribution in [1.29, 1.82) is 0 Å². The van der Waals surface area contributed by atoms with Crippen LogP contribution in [0, 0.1) is 6.92 Å². The number of aryl methyl sites for hydroxylation is 1. The minimum absolute atomic E-state index is 0.0890. The summed E-state index contributed by atoms with van der Waals surface area (Å²) >= 11 is 0. The number of rotatable bonds is 7. The summed E-state index contributed by atoms with van der Waals surface area (Å²) in [7, 11) is 0. The molecule has 0 saturated heterocycles. The van der Waals surface area contributed by atoms with Gasteiger partial charge in [-0.3, -0.25) is 4.90 Å². The van der Waals surface area contributed by atoms with E-state index in [0.29, 0.717) is 24.9 Å². The van der Waals surface area contributed by atoms with Gasteiger partial charge in [-0.15, -0.1) is 10.2 Å². The van der Waals surface area contributed by atoms with Crippen LogP contribution in [0.1, 0.15) is 17.0 Å². The molecule has 124 valence electrons. The first-order valence-electron chi connectivity index (χ1n) is 8.01. The van der Waals surface area contributed by atoms with Crippen LogP contribution in [-0.2, 0) is 13.1 Å². The van der Waals surface area contributed by atoms with E-state index in [-0.39, 0.29) is 6.61 Å². The Labute approximate surface area is 141 Å². The van der Waals surface area contributed by atoms with Crippen molar-refractivity contribution in [2.45, 2.75) is 20.0 Å². The van der Waals surface area contributed by atoms with Crippen LogP contribution in [0.5, 0.6) is 0 Å². The van der Waals surface area contributed by atoms with Gasteiger partial charge in [-0.05, 0) is 24.6 Å². The Bertz CT molecular complexity index is 771. The van der Waals surface area contributed by atoms with Crippen molar-refractivity contribution in [3.05, 3.63) is 71.6 Å². The first-order chi connectivity index (χ1) is 11.7. The summed E-state index contributed by atoms with van der Waals surface area (Å²) in [6.45, 7) is 3.91. The van der Waals surface area contributed by atoms with Gasteiger partial charge in [0.2, 0.25) is 11.8 Å². The van der Waals surface area contributed by atoms with Gasteiger partial charge in [0.15, 0.2) is 0 Å². The molecule has 1 aromatic heterocycles. The highest BCUT2D eigenvalue weighted by atomic mass is 16.4. The third kappa shape index (κ3) is 4.28. The SMILES string of the molecule is Cc1cccc(-c2nnc(CN(CCO)Cc3ccccc3)o2)c1. The second-order valence-electron chi connectivity index (χ2n) is 5.79. The number of benzene rings is 2. The summed E-state index contributed by atoms with van der Waals surface area (Å²) in [5.41, 5.74) is 3.26. The van der Waals surface area contributed by atoms with Crippen molar-refractivity contribution < 1.29 is 9.52 Å². The molecule has 0 aliphatic heterocycles. The van der Waals surface area contributed by atoms with Gasteiger partial charge >= 0.3 is 0 Å². The minimum atomic E-state index is 0.0890. The molecule has 0 fully saturated rings. The molecule has 0 saturated carbocycles. The second-order valence-corrected chi connectivity index (χ2v) is 5.79. The number of aliphatic hydroxyl groups excluding tert-OH is 1. The van der Waals surface area contributed by atoms with Crippen molar-refractivity contribution in [2.75, 3.05) is 13.2 Å². The zero-order valence-electron chi connectivity index (χ0n) is 13.7. The average Bonchev–Trinajstić information content (AvgIpc) is 3.04. The van der Waals surface area contributed by atoms with Gasteiger partial charge in [0.05, 0.1) is 13.2 Å². The largest absolute Gasteiger partial charge is 0.419 e. The van der Waals surface area contributed by atoms with Crippen LogP contribution < -0.4 is 0 Å². The number of hydrogen-bond donors (Lipinski definition) is 1. The molecule has 0 unspecified atom stereocenters. The molecule has 0 spiro atoms. The first kappa shape index (κ1) is 16.4. The Kier molecular flexibility index (Phi) is 5.36. The molecular formula is C19H21N3O2. The summed E-state index contributed by atoms with van der Waals surface area (Å²) < 4.78 is 5.79. The van der Waals surface area contributed by atoms with Crippen molar-refractivity contribution >= 4 is 0 Å². The highest BCUT2D eigenvalue weighted by Gasteiger charge is 2.13. The lowest BCUT2D eigenvalue weighted by molar-refractivity contribution is 0.173. The van der Waals surface area contributed by atoms with Crippen LogP contribution in [0.25, 0.3) is 11.5 Å². The third-order valence-corrected chi connectivity index (χ3v) is 3.76. The lowest BCUT2D eigenvalue weighted by atomic mass is 10.1. The van der Waals surface area contributed by atoms with Gasteiger partial charge in [-0.25, -0.2) is 0 Å². The molecule has 3 rings (SSSR count). The summed E-state index contributed by atoms with van der Waals surface area (Å²) in [4.78, 5) is 2.09. The quantitative estimate of drug-likeness (QED) is 0.724. The Hall–Kier alpha value is -2.50. The third-order valence-electron chi connectivity index (χ3n) is 3.76. The fourth-order valence-electron chi connectivity index (χ4n) is 2.60. The van der Waals surface area contributed by atoms with Crippen molar-refractivity contribution in [1.82, 2.24) is 15.1 Å². The molecule has 1 N–H and O–H groups in total. The molecular weight excluding hydrogens is 302 g/mol. The maximum Gasteiger partial charge on any atom is 0.247 e. The van der Waals surface area contributed by atoms with Crippen LogP contribution in [0.15, 0.2) is 59.0 Å². The van der Waals surface area contributed by atoms with E-state index in [1.165, 1.54) is 5.56 Å². The van der Waals surface area contributed by atoms with E-state index in [4.69, 9.17) is 4.42 Å². The summed E-state index contributed by atoms with van der Waals surface area (Å²) in [5, 5.41) is 17.6. The molecule has 1 heterocycles.